The third kappa shape index (κ3) is 2.26. The van der Waals surface area contributed by atoms with Crippen LogP contribution in [0.15, 0.2) is 17.0 Å². The first kappa shape index (κ1) is 10.6. The number of aryl methyl sites for hydroxylation is 2. The second-order valence-corrected chi connectivity index (χ2v) is 5.42. The molecule has 13 heavy (non-hydrogen) atoms. The van der Waals surface area contributed by atoms with Gasteiger partial charge in [0.15, 0.2) is 0 Å². The van der Waals surface area contributed by atoms with Gasteiger partial charge in [-0.1, -0.05) is 17.6 Å². The zero-order chi connectivity index (χ0) is 10.2. The Morgan fingerprint density at radius 1 is 1.23 bits per heavy atom. The van der Waals surface area contributed by atoms with Crippen LogP contribution in [0, 0.1) is 13.8 Å². The van der Waals surface area contributed by atoms with E-state index >= 15 is 0 Å². The third-order valence-electron chi connectivity index (χ3n) is 1.73. The molecule has 2 radical (unpaired) electrons. The fourth-order valence-electron chi connectivity index (χ4n) is 1.37. The fourth-order valence-corrected chi connectivity index (χ4v) is 2.99. The van der Waals surface area contributed by atoms with Crippen LogP contribution in [0.25, 0.3) is 0 Å². The molecule has 0 saturated heterocycles. The molecule has 0 aliphatic carbocycles. The van der Waals surface area contributed by atoms with E-state index in [0.717, 1.165) is 0 Å². The van der Waals surface area contributed by atoms with Gasteiger partial charge in [0.1, 0.15) is 7.85 Å². The summed E-state index contributed by atoms with van der Waals surface area (Å²) < 4.78 is 22.2. The summed E-state index contributed by atoms with van der Waals surface area (Å²) in [5, 5.41) is 0. The lowest BCUT2D eigenvalue weighted by Gasteiger charge is -2.07. The summed E-state index contributed by atoms with van der Waals surface area (Å²) >= 11 is 0. The van der Waals surface area contributed by atoms with Gasteiger partial charge in [0.25, 0.3) is 9.05 Å². The van der Waals surface area contributed by atoms with Crippen molar-refractivity contribution >= 4 is 33.0 Å². The second-order valence-electron chi connectivity index (χ2n) is 2.92. The minimum atomic E-state index is -3.66. The molecular formula is C8H8BClO2S. The minimum absolute atomic E-state index is 0.156. The van der Waals surface area contributed by atoms with E-state index in [2.05, 4.69) is 0 Å². The summed E-state index contributed by atoms with van der Waals surface area (Å²) in [4.78, 5) is 0.156. The van der Waals surface area contributed by atoms with Crippen LogP contribution >= 0.6 is 10.7 Å². The van der Waals surface area contributed by atoms with Crippen molar-refractivity contribution in [3.05, 3.63) is 23.3 Å². The lowest BCUT2D eigenvalue weighted by molar-refractivity contribution is 0.608. The number of benzene rings is 1. The molecule has 0 N–H and O–H groups in total. The first-order chi connectivity index (χ1) is 5.82. The molecule has 0 aromatic heterocycles. The van der Waals surface area contributed by atoms with Crippen molar-refractivity contribution in [2.75, 3.05) is 0 Å². The first-order valence-corrected chi connectivity index (χ1v) is 5.94. The summed E-state index contributed by atoms with van der Waals surface area (Å²) in [6.07, 6.45) is 0. The molecule has 0 fully saturated rings. The van der Waals surface area contributed by atoms with E-state index in [1.54, 1.807) is 26.0 Å². The van der Waals surface area contributed by atoms with E-state index in [1.165, 1.54) is 0 Å². The van der Waals surface area contributed by atoms with E-state index in [1.807, 2.05) is 0 Å². The lowest BCUT2D eigenvalue weighted by atomic mass is 9.93. The van der Waals surface area contributed by atoms with Gasteiger partial charge in [-0.3, -0.25) is 0 Å². The average molecular weight is 214 g/mol. The van der Waals surface area contributed by atoms with Crippen molar-refractivity contribution in [1.29, 1.82) is 0 Å². The van der Waals surface area contributed by atoms with Crippen LogP contribution in [0.5, 0.6) is 0 Å². The van der Waals surface area contributed by atoms with Crippen LogP contribution in [0.4, 0.5) is 0 Å². The van der Waals surface area contributed by atoms with Gasteiger partial charge in [0.2, 0.25) is 0 Å². The Balaban J connectivity index is 3.57. The SMILES string of the molecule is [B]c1cc(C)c(S(=O)(=O)Cl)c(C)c1. The molecule has 5 heteroatoms. The largest absolute Gasteiger partial charge is 0.261 e. The normalized spacial score (nSPS) is 11.6. The Kier molecular flexibility index (Phi) is 2.73. The molecule has 1 aromatic rings. The zero-order valence-electron chi connectivity index (χ0n) is 7.33. The van der Waals surface area contributed by atoms with Gasteiger partial charge in [-0.15, -0.1) is 0 Å². The summed E-state index contributed by atoms with van der Waals surface area (Å²) in [5.41, 5.74) is 1.69. The van der Waals surface area contributed by atoms with Gasteiger partial charge in [0, 0.05) is 10.7 Å². The van der Waals surface area contributed by atoms with Gasteiger partial charge in [-0.05, 0) is 25.0 Å². The third-order valence-corrected chi connectivity index (χ3v) is 3.32. The fraction of sp³-hybridized carbons (Fsp3) is 0.250. The molecule has 0 bridgehead atoms. The molecule has 0 aliphatic rings. The topological polar surface area (TPSA) is 34.1 Å². The molecule has 0 unspecified atom stereocenters. The molecule has 0 saturated carbocycles. The Morgan fingerprint density at radius 3 is 1.92 bits per heavy atom. The van der Waals surface area contributed by atoms with Crippen LogP contribution in [0.1, 0.15) is 11.1 Å². The van der Waals surface area contributed by atoms with Crippen molar-refractivity contribution in [2.24, 2.45) is 0 Å². The van der Waals surface area contributed by atoms with Gasteiger partial charge < -0.3 is 0 Å². The van der Waals surface area contributed by atoms with Crippen molar-refractivity contribution in [2.45, 2.75) is 18.7 Å². The maximum Gasteiger partial charge on any atom is 0.261 e. The van der Waals surface area contributed by atoms with Gasteiger partial charge in [0.05, 0.1) is 4.90 Å². The second kappa shape index (κ2) is 3.35. The van der Waals surface area contributed by atoms with Crippen LogP contribution in [-0.2, 0) is 9.05 Å². The molecule has 1 aromatic carbocycles. The molecule has 0 heterocycles. The maximum atomic E-state index is 11.1. The summed E-state index contributed by atoms with van der Waals surface area (Å²) in [5.74, 6) is 0. The van der Waals surface area contributed by atoms with Gasteiger partial charge in [-0.2, -0.15) is 0 Å². The highest BCUT2D eigenvalue weighted by molar-refractivity contribution is 8.13. The van der Waals surface area contributed by atoms with E-state index in [4.69, 9.17) is 18.5 Å². The van der Waals surface area contributed by atoms with Gasteiger partial charge >= 0.3 is 0 Å². The average Bonchev–Trinajstić information content (AvgIpc) is 1.78. The molecule has 68 valence electrons. The van der Waals surface area contributed by atoms with E-state index in [-0.39, 0.29) is 4.90 Å². The molecule has 0 aliphatic heterocycles. The lowest BCUT2D eigenvalue weighted by Crippen LogP contribution is -2.08. The predicted octanol–water partition coefficient (Wildman–Crippen LogP) is 1.02. The van der Waals surface area contributed by atoms with E-state index in [0.29, 0.717) is 16.6 Å². The monoisotopic (exact) mass is 214 g/mol. The van der Waals surface area contributed by atoms with Crippen molar-refractivity contribution in [3.8, 4) is 0 Å². The van der Waals surface area contributed by atoms with Crippen molar-refractivity contribution in [1.82, 2.24) is 0 Å². The van der Waals surface area contributed by atoms with Crippen LogP contribution < -0.4 is 5.46 Å². The number of hydrogen-bond donors (Lipinski definition) is 0. The highest BCUT2D eigenvalue weighted by atomic mass is 35.7. The first-order valence-electron chi connectivity index (χ1n) is 3.64. The molecular weight excluding hydrogens is 206 g/mol. The van der Waals surface area contributed by atoms with Crippen LogP contribution in [0.3, 0.4) is 0 Å². The van der Waals surface area contributed by atoms with Crippen molar-refractivity contribution in [3.63, 3.8) is 0 Å². The minimum Gasteiger partial charge on any atom is -0.207 e. The summed E-state index contributed by atoms with van der Waals surface area (Å²) in [6.45, 7) is 3.33. The highest BCUT2D eigenvalue weighted by Crippen LogP contribution is 2.21. The molecule has 0 amide bonds. The summed E-state index contributed by atoms with van der Waals surface area (Å²) in [7, 11) is 7.12. The highest BCUT2D eigenvalue weighted by Gasteiger charge is 2.16. The van der Waals surface area contributed by atoms with Crippen LogP contribution in [0.2, 0.25) is 0 Å². The van der Waals surface area contributed by atoms with Gasteiger partial charge in [-0.25, -0.2) is 8.42 Å². The number of halogens is 1. The summed E-state index contributed by atoms with van der Waals surface area (Å²) in [6, 6.07) is 3.17. The van der Waals surface area contributed by atoms with Crippen molar-refractivity contribution < 1.29 is 8.42 Å². The molecule has 1 rings (SSSR count). The maximum absolute atomic E-state index is 11.1. The quantitative estimate of drug-likeness (QED) is 0.517. The molecule has 2 nitrogen and oxygen atoms in total. The smallest absolute Gasteiger partial charge is 0.207 e. The van der Waals surface area contributed by atoms with E-state index in [9.17, 15) is 8.42 Å². The number of rotatable bonds is 1. The Morgan fingerprint density at radius 2 is 1.62 bits per heavy atom. The van der Waals surface area contributed by atoms with E-state index < -0.39 is 9.05 Å². The number of hydrogen-bond acceptors (Lipinski definition) is 2. The zero-order valence-corrected chi connectivity index (χ0v) is 8.91. The Hall–Kier alpha value is -0.475. The Bertz CT molecular complexity index is 416. The molecule has 0 atom stereocenters. The predicted molar refractivity (Wildman–Crippen MR) is 54.3 cm³/mol. The Labute approximate surface area is 83.7 Å². The molecule has 0 spiro atoms. The van der Waals surface area contributed by atoms with Crippen LogP contribution in [-0.4, -0.2) is 16.3 Å². The standard InChI is InChI=1S/C8H8BClO2S/c1-5-3-7(9)4-6(2)8(5)13(10,11)12/h3-4H,1-2H3.